The fourth-order valence-electron chi connectivity index (χ4n) is 3.93. The molecule has 112 valence electrons. The van der Waals surface area contributed by atoms with Gasteiger partial charge in [-0.05, 0) is 37.7 Å². The quantitative estimate of drug-likeness (QED) is 0.856. The minimum absolute atomic E-state index is 0.206. The Hall–Kier alpha value is -0.830. The Morgan fingerprint density at radius 1 is 1.15 bits per heavy atom. The van der Waals surface area contributed by atoms with Crippen molar-refractivity contribution in [1.29, 1.82) is 0 Å². The average Bonchev–Trinajstić information content (AvgIpc) is 3.18. The number of hydrogen-bond acceptors (Lipinski definition) is 2. The van der Waals surface area contributed by atoms with Crippen LogP contribution >= 0.6 is 0 Å². The predicted molar refractivity (Wildman–Crippen MR) is 80.6 cm³/mol. The van der Waals surface area contributed by atoms with Gasteiger partial charge in [0.1, 0.15) is 0 Å². The van der Waals surface area contributed by atoms with E-state index in [1.807, 2.05) is 0 Å². The van der Waals surface area contributed by atoms with Gasteiger partial charge < -0.3 is 5.11 Å². The first-order chi connectivity index (χ1) is 9.81. The van der Waals surface area contributed by atoms with Crippen LogP contribution in [0.4, 0.5) is 0 Å². The van der Waals surface area contributed by atoms with E-state index in [1.165, 1.54) is 57.8 Å². The van der Waals surface area contributed by atoms with Crippen molar-refractivity contribution in [2.24, 2.45) is 5.92 Å². The summed E-state index contributed by atoms with van der Waals surface area (Å²) in [5, 5.41) is 14.9. The van der Waals surface area contributed by atoms with Gasteiger partial charge in [-0.3, -0.25) is 4.68 Å². The summed E-state index contributed by atoms with van der Waals surface area (Å²) in [7, 11) is 0. The molecule has 0 bridgehead atoms. The number of aliphatic hydroxyl groups is 1. The van der Waals surface area contributed by atoms with E-state index < -0.39 is 0 Å². The third-order valence-corrected chi connectivity index (χ3v) is 5.19. The lowest BCUT2D eigenvalue weighted by molar-refractivity contribution is 0.153. The molecule has 0 aromatic carbocycles. The van der Waals surface area contributed by atoms with Crippen LogP contribution in [0.15, 0.2) is 12.3 Å². The fraction of sp³-hybridized carbons (Fsp3) is 0.824. The summed E-state index contributed by atoms with van der Waals surface area (Å²) >= 11 is 0. The van der Waals surface area contributed by atoms with Crippen molar-refractivity contribution in [1.82, 2.24) is 9.78 Å². The Balaban J connectivity index is 1.44. The lowest BCUT2D eigenvalue weighted by Gasteiger charge is -2.13. The second-order valence-corrected chi connectivity index (χ2v) is 6.81. The lowest BCUT2D eigenvalue weighted by Crippen LogP contribution is -2.13. The molecule has 20 heavy (non-hydrogen) atoms. The van der Waals surface area contributed by atoms with E-state index in [-0.39, 0.29) is 6.10 Å². The Morgan fingerprint density at radius 2 is 1.85 bits per heavy atom. The molecule has 1 heterocycles. The largest absolute Gasteiger partial charge is 0.393 e. The molecule has 2 aliphatic rings. The first-order valence-corrected chi connectivity index (χ1v) is 8.53. The van der Waals surface area contributed by atoms with Gasteiger partial charge in [-0.2, -0.15) is 5.10 Å². The minimum atomic E-state index is -0.206. The maximum Gasteiger partial charge on any atom is 0.0650 e. The summed E-state index contributed by atoms with van der Waals surface area (Å²) in [4.78, 5) is 0. The molecule has 0 amide bonds. The van der Waals surface area contributed by atoms with E-state index in [1.54, 1.807) is 0 Å². The summed E-state index contributed by atoms with van der Waals surface area (Å²) in [5.74, 6) is 0.876. The van der Waals surface area contributed by atoms with Gasteiger partial charge in [0.15, 0.2) is 0 Å². The summed E-state index contributed by atoms with van der Waals surface area (Å²) in [6.45, 7) is 0. The molecule has 0 aliphatic heterocycles. The van der Waals surface area contributed by atoms with E-state index in [2.05, 4.69) is 22.0 Å². The van der Waals surface area contributed by atoms with E-state index in [0.717, 1.165) is 24.5 Å². The van der Waals surface area contributed by atoms with Gasteiger partial charge >= 0.3 is 0 Å². The topological polar surface area (TPSA) is 38.0 Å². The SMILES string of the molecule is OC(CCC1CCCC1)Cc1ccn(C2CCCC2)n1. The van der Waals surface area contributed by atoms with Crippen molar-refractivity contribution in [3.8, 4) is 0 Å². The molecule has 1 atom stereocenters. The van der Waals surface area contributed by atoms with E-state index in [4.69, 9.17) is 0 Å². The monoisotopic (exact) mass is 276 g/mol. The van der Waals surface area contributed by atoms with E-state index in [0.29, 0.717) is 6.04 Å². The fourth-order valence-corrected chi connectivity index (χ4v) is 3.93. The van der Waals surface area contributed by atoms with Crippen LogP contribution in [-0.4, -0.2) is 21.0 Å². The van der Waals surface area contributed by atoms with Crippen LogP contribution in [0.2, 0.25) is 0 Å². The van der Waals surface area contributed by atoms with Crippen LogP contribution in [0.3, 0.4) is 0 Å². The van der Waals surface area contributed by atoms with Crippen LogP contribution in [0, 0.1) is 5.92 Å². The van der Waals surface area contributed by atoms with E-state index >= 15 is 0 Å². The molecule has 3 nitrogen and oxygen atoms in total. The van der Waals surface area contributed by atoms with Crippen LogP contribution in [-0.2, 0) is 6.42 Å². The highest BCUT2D eigenvalue weighted by molar-refractivity contribution is 5.01. The Bertz CT molecular complexity index is 403. The van der Waals surface area contributed by atoms with Crippen molar-refractivity contribution >= 4 is 0 Å². The van der Waals surface area contributed by atoms with Crippen LogP contribution in [0.25, 0.3) is 0 Å². The first kappa shape index (κ1) is 14.1. The normalized spacial score (nSPS) is 22.6. The van der Waals surface area contributed by atoms with Crippen LogP contribution in [0.5, 0.6) is 0 Å². The molecule has 0 spiro atoms. The zero-order valence-electron chi connectivity index (χ0n) is 12.5. The molecule has 1 N–H and O–H groups in total. The van der Waals surface area contributed by atoms with E-state index in [9.17, 15) is 5.11 Å². The maximum absolute atomic E-state index is 10.2. The van der Waals surface area contributed by atoms with Gasteiger partial charge in [0.25, 0.3) is 0 Å². The Kier molecular flexibility index (Phi) is 4.77. The lowest BCUT2D eigenvalue weighted by atomic mass is 9.98. The number of hydrogen-bond donors (Lipinski definition) is 1. The van der Waals surface area contributed by atoms with Crippen molar-refractivity contribution in [2.45, 2.75) is 82.8 Å². The third-order valence-electron chi connectivity index (χ3n) is 5.19. The van der Waals surface area contributed by atoms with Crippen LogP contribution in [0.1, 0.15) is 75.9 Å². The van der Waals surface area contributed by atoms with Crippen molar-refractivity contribution in [3.63, 3.8) is 0 Å². The highest BCUT2D eigenvalue weighted by Crippen LogP contribution is 2.30. The Labute approximate surface area is 122 Å². The summed E-state index contributed by atoms with van der Waals surface area (Å²) < 4.78 is 2.13. The number of nitrogens with zero attached hydrogens (tertiary/aromatic N) is 2. The smallest absolute Gasteiger partial charge is 0.0650 e. The average molecular weight is 276 g/mol. The molecule has 0 saturated heterocycles. The molecule has 3 heteroatoms. The highest BCUT2D eigenvalue weighted by atomic mass is 16.3. The number of aliphatic hydroxyl groups excluding tert-OH is 1. The zero-order chi connectivity index (χ0) is 13.8. The first-order valence-electron chi connectivity index (χ1n) is 8.53. The molecular formula is C17H28N2O. The number of aromatic nitrogens is 2. The van der Waals surface area contributed by atoms with Gasteiger partial charge in [0.05, 0.1) is 17.8 Å². The molecular weight excluding hydrogens is 248 g/mol. The molecule has 3 rings (SSSR count). The molecule has 2 aliphatic carbocycles. The summed E-state index contributed by atoms with van der Waals surface area (Å²) in [5.41, 5.74) is 1.07. The van der Waals surface area contributed by atoms with Crippen LogP contribution < -0.4 is 0 Å². The predicted octanol–water partition coefficient (Wildman–Crippen LogP) is 3.87. The molecule has 1 aromatic rings. The molecule has 2 fully saturated rings. The summed E-state index contributed by atoms with van der Waals surface area (Å²) in [6, 6.07) is 2.70. The molecule has 2 saturated carbocycles. The molecule has 1 aromatic heterocycles. The summed E-state index contributed by atoms with van der Waals surface area (Å²) in [6.07, 6.45) is 15.5. The van der Waals surface area contributed by atoms with Crippen molar-refractivity contribution < 1.29 is 5.11 Å². The maximum atomic E-state index is 10.2. The van der Waals surface area contributed by atoms with Gasteiger partial charge in [-0.15, -0.1) is 0 Å². The van der Waals surface area contributed by atoms with Crippen molar-refractivity contribution in [2.75, 3.05) is 0 Å². The second-order valence-electron chi connectivity index (χ2n) is 6.81. The van der Waals surface area contributed by atoms with Gasteiger partial charge in [0, 0.05) is 12.6 Å². The highest BCUT2D eigenvalue weighted by Gasteiger charge is 2.19. The molecule has 0 radical (unpaired) electrons. The second kappa shape index (κ2) is 6.75. The molecule has 1 unspecified atom stereocenters. The zero-order valence-corrected chi connectivity index (χ0v) is 12.5. The standard InChI is InChI=1S/C17H28N2O/c20-17(10-9-14-5-1-2-6-14)13-15-11-12-19(18-15)16-7-3-4-8-16/h11-12,14,16-17,20H,1-10,13H2. The van der Waals surface area contributed by atoms with Gasteiger partial charge in [0.2, 0.25) is 0 Å². The van der Waals surface area contributed by atoms with Gasteiger partial charge in [-0.1, -0.05) is 38.5 Å². The third kappa shape index (κ3) is 3.63. The Morgan fingerprint density at radius 3 is 2.60 bits per heavy atom. The van der Waals surface area contributed by atoms with Gasteiger partial charge in [-0.25, -0.2) is 0 Å². The number of rotatable bonds is 6. The van der Waals surface area contributed by atoms with Crippen molar-refractivity contribution in [3.05, 3.63) is 18.0 Å². The minimum Gasteiger partial charge on any atom is -0.393 e.